The topological polar surface area (TPSA) is 125 Å². The highest BCUT2D eigenvalue weighted by atomic mass is 35.5. The third kappa shape index (κ3) is 3.55. The van der Waals surface area contributed by atoms with E-state index in [1.165, 1.54) is 13.3 Å². The Labute approximate surface area is 189 Å². The summed E-state index contributed by atoms with van der Waals surface area (Å²) in [5.74, 6) is -0.289. The number of aromatic nitrogens is 4. The van der Waals surface area contributed by atoms with Crippen molar-refractivity contribution in [1.82, 2.24) is 20.0 Å². The molecule has 5 rings (SSSR count). The molecule has 1 aromatic carbocycles. The number of carbonyl (C=O) groups excluding carboxylic acids is 1. The largest absolute Gasteiger partial charge is 0.492 e. The van der Waals surface area contributed by atoms with E-state index in [-0.39, 0.29) is 16.4 Å². The van der Waals surface area contributed by atoms with Gasteiger partial charge in [0.15, 0.2) is 11.4 Å². The first-order chi connectivity index (χ1) is 15.4. The molecular weight excluding hydrogens is 451 g/mol. The van der Waals surface area contributed by atoms with E-state index in [9.17, 15) is 9.36 Å². The highest BCUT2D eigenvalue weighted by molar-refractivity contribution is 7.73. The van der Waals surface area contributed by atoms with Crippen molar-refractivity contribution < 1.29 is 14.1 Å². The lowest BCUT2D eigenvalue weighted by Gasteiger charge is -2.17. The van der Waals surface area contributed by atoms with E-state index in [1.807, 2.05) is 18.3 Å². The first-order valence-corrected chi connectivity index (χ1v) is 12.6. The molecule has 0 unspecified atom stereocenters. The maximum Gasteiger partial charge on any atom is 0.271 e. The van der Waals surface area contributed by atoms with Crippen LogP contribution in [-0.2, 0) is 4.57 Å². The third-order valence-electron chi connectivity index (χ3n) is 5.89. The van der Waals surface area contributed by atoms with Crippen molar-refractivity contribution in [2.24, 2.45) is 5.73 Å². The number of ether oxygens (including phenoxy) is 1. The molecule has 1 amide bonds. The maximum atomic E-state index is 13.8. The molecule has 166 valence electrons. The molecule has 3 aromatic rings. The molecule has 2 fully saturated rings. The predicted molar refractivity (Wildman–Crippen MR) is 122 cm³/mol. The molecule has 3 N–H and O–H groups in total. The van der Waals surface area contributed by atoms with Gasteiger partial charge in [-0.1, -0.05) is 17.7 Å². The summed E-state index contributed by atoms with van der Waals surface area (Å²) in [6, 6.07) is 5.43. The fraction of sp³-hybridized carbons (Fsp3) is 0.333. The third-order valence-corrected chi connectivity index (χ3v) is 10.4. The number of halogens is 1. The van der Waals surface area contributed by atoms with Crippen molar-refractivity contribution in [3.63, 3.8) is 0 Å². The standard InChI is InChI=1S/C21H22ClN6O3P/c1-31-20-16(26-18-15(22)10-24-27-19(18)21(23)29)3-2-4-17(20)28-11-14(9-25-28)32(30,12-5-6-12)13-7-8-13/h2-4,9-13H,5-8H2,1H3,(H2,23,29)(H,24,26). The summed E-state index contributed by atoms with van der Waals surface area (Å²) in [5, 5.41) is 16.1. The van der Waals surface area contributed by atoms with Crippen molar-refractivity contribution in [3.8, 4) is 11.4 Å². The first kappa shape index (κ1) is 21.0. The van der Waals surface area contributed by atoms with Gasteiger partial charge in [0.1, 0.15) is 12.8 Å². The minimum atomic E-state index is -2.43. The van der Waals surface area contributed by atoms with Crippen LogP contribution < -0.4 is 21.1 Å². The second kappa shape index (κ2) is 7.90. The van der Waals surface area contributed by atoms with Gasteiger partial charge < -0.3 is 20.4 Å². The molecule has 9 nitrogen and oxygen atoms in total. The molecular formula is C21H22ClN6O3P. The second-order valence-corrected chi connectivity index (χ2v) is 11.9. The molecule has 2 heterocycles. The van der Waals surface area contributed by atoms with Crippen LogP contribution in [0.25, 0.3) is 5.69 Å². The van der Waals surface area contributed by atoms with Gasteiger partial charge in [0.05, 0.1) is 41.2 Å². The Balaban J connectivity index is 1.53. The molecule has 11 heteroatoms. The van der Waals surface area contributed by atoms with Crippen molar-refractivity contribution in [3.05, 3.63) is 47.5 Å². The number of rotatable bonds is 8. The van der Waals surface area contributed by atoms with Crippen LogP contribution in [0.2, 0.25) is 5.02 Å². The van der Waals surface area contributed by atoms with Crippen LogP contribution in [0.15, 0.2) is 36.8 Å². The fourth-order valence-corrected chi connectivity index (χ4v) is 8.05. The summed E-state index contributed by atoms with van der Waals surface area (Å²) in [4.78, 5) is 11.8. The van der Waals surface area contributed by atoms with Gasteiger partial charge in [-0.05, 0) is 37.8 Å². The van der Waals surface area contributed by atoms with Gasteiger partial charge in [-0.25, -0.2) is 4.68 Å². The predicted octanol–water partition coefficient (Wildman–Crippen LogP) is 3.48. The number of methoxy groups -OCH3 is 1. The Kier molecular flexibility index (Phi) is 5.18. The normalized spacial score (nSPS) is 16.1. The summed E-state index contributed by atoms with van der Waals surface area (Å²) >= 11 is 6.24. The van der Waals surface area contributed by atoms with E-state index < -0.39 is 13.0 Å². The van der Waals surface area contributed by atoms with Gasteiger partial charge in [-0.3, -0.25) is 4.79 Å². The summed E-state index contributed by atoms with van der Waals surface area (Å²) in [7, 11) is -0.894. The maximum absolute atomic E-state index is 13.8. The average Bonchev–Trinajstić information content (AvgIpc) is 3.71. The molecule has 2 aromatic heterocycles. The summed E-state index contributed by atoms with van der Waals surface area (Å²) in [6.45, 7) is 0. The summed E-state index contributed by atoms with van der Waals surface area (Å²) in [6.07, 6.45) is 9.03. The summed E-state index contributed by atoms with van der Waals surface area (Å²) in [5.41, 5.74) is 7.36. The Morgan fingerprint density at radius 1 is 1.25 bits per heavy atom. The van der Waals surface area contributed by atoms with Crippen molar-refractivity contribution in [1.29, 1.82) is 0 Å². The molecule has 0 spiro atoms. The zero-order valence-electron chi connectivity index (χ0n) is 17.4. The fourth-order valence-electron chi connectivity index (χ4n) is 4.07. The van der Waals surface area contributed by atoms with Crippen LogP contribution in [0.4, 0.5) is 11.4 Å². The Bertz CT molecular complexity index is 1240. The number of para-hydroxylation sites is 1. The average molecular weight is 473 g/mol. The van der Waals surface area contributed by atoms with Gasteiger partial charge >= 0.3 is 0 Å². The first-order valence-electron chi connectivity index (χ1n) is 10.3. The van der Waals surface area contributed by atoms with E-state index in [4.69, 9.17) is 22.1 Å². The lowest BCUT2D eigenvalue weighted by atomic mass is 10.2. The SMILES string of the molecule is COc1c(Nc2c(Cl)cnnc2C(N)=O)cccc1-n1cc(P(=O)(C2CC2)C2CC2)cn1. The Morgan fingerprint density at radius 2 is 1.97 bits per heavy atom. The van der Waals surface area contributed by atoms with Gasteiger partial charge in [-0.2, -0.15) is 10.2 Å². The number of amides is 1. The number of nitrogens with two attached hydrogens (primary N) is 1. The van der Waals surface area contributed by atoms with E-state index in [0.717, 1.165) is 31.0 Å². The molecule has 0 atom stereocenters. The van der Waals surface area contributed by atoms with Crippen LogP contribution >= 0.6 is 18.7 Å². The number of nitrogens with zero attached hydrogens (tertiary/aromatic N) is 4. The second-order valence-electron chi connectivity index (χ2n) is 8.08. The van der Waals surface area contributed by atoms with Crippen molar-refractivity contribution in [2.75, 3.05) is 12.4 Å². The number of benzene rings is 1. The van der Waals surface area contributed by atoms with Crippen LogP contribution in [0.1, 0.15) is 36.2 Å². The molecule has 0 saturated heterocycles. The van der Waals surface area contributed by atoms with Crippen molar-refractivity contribution >= 4 is 41.3 Å². The van der Waals surface area contributed by atoms with Gasteiger partial charge in [0.2, 0.25) is 0 Å². The molecule has 0 aliphatic heterocycles. The van der Waals surface area contributed by atoms with Gasteiger partial charge in [0, 0.05) is 17.5 Å². The number of hydrogen-bond acceptors (Lipinski definition) is 7. The Morgan fingerprint density at radius 3 is 2.59 bits per heavy atom. The zero-order chi connectivity index (χ0) is 22.5. The Hall–Kier alpha value is -2.90. The number of carbonyl (C=O) groups is 1. The molecule has 2 aliphatic rings. The van der Waals surface area contributed by atoms with Gasteiger partial charge in [-0.15, -0.1) is 5.10 Å². The zero-order valence-corrected chi connectivity index (χ0v) is 19.0. The monoisotopic (exact) mass is 472 g/mol. The molecule has 0 bridgehead atoms. The lowest BCUT2D eigenvalue weighted by Crippen LogP contribution is -2.16. The molecule has 0 radical (unpaired) electrons. The number of hydrogen-bond donors (Lipinski definition) is 2. The van der Waals surface area contributed by atoms with Crippen LogP contribution in [0.5, 0.6) is 5.75 Å². The smallest absolute Gasteiger partial charge is 0.271 e. The highest BCUT2D eigenvalue weighted by Crippen LogP contribution is 2.69. The number of primary amides is 1. The van der Waals surface area contributed by atoms with Gasteiger partial charge in [0.25, 0.3) is 5.91 Å². The lowest BCUT2D eigenvalue weighted by molar-refractivity contribution is 0.0995. The van der Waals surface area contributed by atoms with Crippen LogP contribution in [0.3, 0.4) is 0 Å². The van der Waals surface area contributed by atoms with E-state index in [0.29, 0.717) is 28.4 Å². The van der Waals surface area contributed by atoms with Crippen LogP contribution in [0, 0.1) is 0 Å². The minimum absolute atomic E-state index is 0.0823. The molecule has 2 aliphatic carbocycles. The number of anilines is 2. The minimum Gasteiger partial charge on any atom is -0.492 e. The van der Waals surface area contributed by atoms with Crippen molar-refractivity contribution in [2.45, 2.75) is 37.0 Å². The van der Waals surface area contributed by atoms with Crippen LogP contribution in [-0.4, -0.2) is 44.3 Å². The van der Waals surface area contributed by atoms with E-state index in [2.05, 4.69) is 20.6 Å². The quantitative estimate of drug-likeness (QED) is 0.481. The summed E-state index contributed by atoms with van der Waals surface area (Å²) < 4.78 is 21.2. The molecule has 2 saturated carbocycles. The van der Waals surface area contributed by atoms with E-state index >= 15 is 0 Å². The molecule has 32 heavy (non-hydrogen) atoms. The highest BCUT2D eigenvalue weighted by Gasteiger charge is 2.52. The number of nitrogens with one attached hydrogen (secondary N) is 1. The van der Waals surface area contributed by atoms with E-state index in [1.54, 1.807) is 16.9 Å².